The summed E-state index contributed by atoms with van der Waals surface area (Å²) in [6.07, 6.45) is 1.17. The van der Waals surface area contributed by atoms with Gasteiger partial charge in [0.15, 0.2) is 7.38 Å². The average Bonchev–Trinajstić information content (AvgIpc) is 4.11. The van der Waals surface area contributed by atoms with E-state index < -0.39 is 15.6 Å². The molecule has 6 heterocycles. The monoisotopic (exact) mass is 1090 g/mol. The first-order chi connectivity index (χ1) is 31.7. The molecule has 11 heteroatoms. The van der Waals surface area contributed by atoms with E-state index in [1.54, 1.807) is 32.0 Å². The predicted octanol–water partition coefficient (Wildman–Crippen LogP) is 21.6. The molecule has 2 atom stereocenters. The molecule has 2 nitrogen and oxygen atoms in total. The van der Waals surface area contributed by atoms with Crippen LogP contribution in [0.4, 0.5) is 0 Å². The maximum atomic E-state index is 6.85. The molecule has 0 fully saturated rings. The Morgan fingerprint density at radius 2 is 0.871 bits per heavy atom. The van der Waals surface area contributed by atoms with Gasteiger partial charge >= 0.3 is 0 Å². The van der Waals surface area contributed by atoms with Gasteiger partial charge in [-0.3, -0.25) is 0 Å². The summed E-state index contributed by atoms with van der Waals surface area (Å²) in [6.45, 7) is 36.1. The van der Waals surface area contributed by atoms with Gasteiger partial charge in [0.25, 0.3) is 0 Å². The van der Waals surface area contributed by atoms with Crippen molar-refractivity contribution in [1.82, 2.24) is 4.98 Å². The minimum Gasteiger partial charge on any atom is -0.332 e. The zero-order chi connectivity index (χ0) is 49.2. The summed E-state index contributed by atoms with van der Waals surface area (Å²) in [4.78, 5) is 8.75. The molecular formula is C59H75ClN2S6Si2. The summed E-state index contributed by atoms with van der Waals surface area (Å²) in [7, 11) is -3.41. The van der Waals surface area contributed by atoms with Gasteiger partial charge in [-0.2, -0.15) is 11.1 Å². The molecule has 0 saturated heterocycles. The van der Waals surface area contributed by atoms with Gasteiger partial charge in [-0.15, -0.1) is 68.0 Å². The van der Waals surface area contributed by atoms with E-state index in [2.05, 4.69) is 178 Å². The smallest absolute Gasteiger partial charge is 0.162 e. The van der Waals surface area contributed by atoms with Crippen molar-refractivity contribution in [1.29, 1.82) is 0 Å². The van der Waals surface area contributed by atoms with E-state index in [4.69, 9.17) is 16.8 Å². The van der Waals surface area contributed by atoms with Gasteiger partial charge in [-0.05, 0) is 118 Å². The number of rotatable bonds is 3. The number of nitrogens with two attached hydrogens (primary N) is 1. The van der Waals surface area contributed by atoms with E-state index in [1.807, 2.05) is 77.5 Å². The lowest BCUT2D eigenvalue weighted by molar-refractivity contribution is 0.508. The Balaban J connectivity index is 0.000000147. The average molecular weight is 1100 g/mol. The number of fused-ring (bicyclic) bond motifs is 15. The van der Waals surface area contributed by atoms with Crippen LogP contribution in [-0.2, 0) is 6.42 Å². The second kappa shape index (κ2) is 19.9. The van der Waals surface area contributed by atoms with Gasteiger partial charge in [0.05, 0.1) is 28.2 Å². The van der Waals surface area contributed by atoms with Crippen LogP contribution < -0.4 is 10.7 Å². The minimum absolute atomic E-state index is 0. The Morgan fingerprint density at radius 3 is 1.27 bits per heavy atom. The van der Waals surface area contributed by atoms with E-state index in [9.17, 15) is 0 Å². The molecule has 2 unspecified atom stereocenters. The molecule has 3 aliphatic carbocycles. The first-order valence-corrected chi connectivity index (χ1v) is 35.9. The highest BCUT2D eigenvalue weighted by Crippen LogP contribution is 2.58. The summed E-state index contributed by atoms with van der Waals surface area (Å²) >= 11 is 18.8. The highest BCUT2D eigenvalue weighted by Gasteiger charge is 2.45. The van der Waals surface area contributed by atoms with Crippen molar-refractivity contribution in [3.63, 3.8) is 0 Å². The number of allylic oxidation sites excluding steroid dienone is 6. The van der Waals surface area contributed by atoms with Crippen LogP contribution in [0.25, 0.3) is 75.2 Å². The number of halogens is 1. The molecule has 6 aromatic heterocycles. The first kappa shape index (κ1) is 55.0. The number of hydrogen-bond acceptors (Lipinski definition) is 8. The third-order valence-corrected chi connectivity index (χ3v) is 28.1. The van der Waals surface area contributed by atoms with Crippen LogP contribution >= 0.6 is 79.1 Å². The molecule has 0 amide bonds. The zero-order valence-corrected chi connectivity index (χ0v) is 50.3. The summed E-state index contributed by atoms with van der Waals surface area (Å²) in [5.74, 6) is 0. The molecule has 3 aliphatic rings. The number of benzene rings is 3. The van der Waals surface area contributed by atoms with E-state index >= 15 is 0 Å². The fraction of sp³-hybridized carbons (Fsp3) is 0.390. The van der Waals surface area contributed by atoms with E-state index in [0.717, 1.165) is 0 Å². The molecular weight excluding hydrogens is 1020 g/mol. The van der Waals surface area contributed by atoms with Gasteiger partial charge in [0.2, 0.25) is 0 Å². The van der Waals surface area contributed by atoms with Crippen LogP contribution in [-0.4, -0.2) is 26.7 Å². The van der Waals surface area contributed by atoms with Crippen LogP contribution in [0.15, 0.2) is 89.5 Å². The van der Waals surface area contributed by atoms with Crippen molar-refractivity contribution < 1.29 is 0 Å². The van der Waals surface area contributed by atoms with Crippen molar-refractivity contribution in [2.45, 2.75) is 153 Å². The second-order valence-electron chi connectivity index (χ2n) is 22.4. The predicted molar refractivity (Wildman–Crippen MR) is 337 cm³/mol. The van der Waals surface area contributed by atoms with Crippen LogP contribution in [0.5, 0.6) is 0 Å². The third kappa shape index (κ3) is 10.00. The Hall–Kier alpha value is -2.72. The topological polar surface area (TPSA) is 38.0 Å². The highest BCUT2D eigenvalue weighted by atomic mass is 35.6. The van der Waals surface area contributed by atoms with Crippen LogP contribution in [0.1, 0.15) is 140 Å². The molecule has 3 aromatic carbocycles. The lowest BCUT2D eigenvalue weighted by Gasteiger charge is -2.38. The summed E-state index contributed by atoms with van der Waals surface area (Å²) < 4.78 is 13.2. The molecule has 0 bridgehead atoms. The standard InChI is InChI=1S/C21H27NS2Si.C17H17ClS2Si.C15H12S2.C4H11N.2CH4/c1-12-13(2)20(25(6,7)22-21(3,4)5)19-16(12)18-17(24-19)14-10-8-9-11-15(14)23-18;1-9-10(2)17(21(3,4)18)16-13(9)15-14(20-16)11-7-5-6-8-12(11)19-15;1-8-7-12-13(9(8)2)15-14(17-12)10-5-3-4-6-11(10)16-15;1-4(2,3)5;;/h8-11,20,22H,1-7H3;5-8,17H,1-4H3;3-6H,7H2,1-2H3;5H2,1-3H3;2*1H4. The highest BCUT2D eigenvalue weighted by molar-refractivity contribution is 7.35. The molecule has 0 saturated carbocycles. The SMILES string of the molecule is C.C.CC(C)(C)N.CC1=C(C)C([Si](C)(C)Cl)c2sc3c(sc4ccccc43)c21.CC1=C(C)C([Si](C)(C)NC(C)(C)C)c2sc3c(sc4ccccc43)c21.CC1=C(C)c2c(sc3c2sc2ccccc23)C1. The van der Waals surface area contributed by atoms with E-state index in [1.165, 1.54) is 97.6 Å². The van der Waals surface area contributed by atoms with Gasteiger partial charge in [-0.1, -0.05) is 112 Å². The van der Waals surface area contributed by atoms with Gasteiger partial charge in [0.1, 0.15) is 8.24 Å². The molecule has 70 heavy (non-hydrogen) atoms. The molecule has 0 aliphatic heterocycles. The van der Waals surface area contributed by atoms with Crippen molar-refractivity contribution in [3.8, 4) is 0 Å². The van der Waals surface area contributed by atoms with E-state index in [-0.39, 0.29) is 25.9 Å². The normalized spacial score (nSPS) is 16.9. The Bertz CT molecular complexity index is 3530. The van der Waals surface area contributed by atoms with Crippen LogP contribution in [0.3, 0.4) is 0 Å². The molecule has 372 valence electrons. The fourth-order valence-electron chi connectivity index (χ4n) is 10.9. The first-order valence-electron chi connectivity index (χ1n) is 23.8. The number of thiophene rings is 6. The van der Waals surface area contributed by atoms with Gasteiger partial charge < -0.3 is 10.7 Å². The zero-order valence-electron chi connectivity index (χ0n) is 42.7. The maximum Gasteiger partial charge on any atom is 0.162 e. The summed E-state index contributed by atoms with van der Waals surface area (Å²) in [5, 5.41) is 4.29. The molecule has 0 radical (unpaired) electrons. The van der Waals surface area contributed by atoms with Crippen LogP contribution in [0, 0.1) is 0 Å². The number of nitrogens with one attached hydrogen (secondary N) is 1. The summed E-state index contributed by atoms with van der Waals surface area (Å²) in [5.41, 5.74) is 20.3. The van der Waals surface area contributed by atoms with Crippen molar-refractivity contribution in [3.05, 3.63) is 121 Å². The van der Waals surface area contributed by atoms with Gasteiger partial charge in [0, 0.05) is 90.2 Å². The van der Waals surface area contributed by atoms with Crippen LogP contribution in [0.2, 0.25) is 26.2 Å². The lowest BCUT2D eigenvalue weighted by Crippen LogP contribution is -2.57. The van der Waals surface area contributed by atoms with Gasteiger partial charge in [-0.25, -0.2) is 0 Å². The largest absolute Gasteiger partial charge is 0.332 e. The lowest BCUT2D eigenvalue weighted by atomic mass is 10.1. The Kier molecular flexibility index (Phi) is 15.6. The quantitative estimate of drug-likeness (QED) is 0.137. The fourth-order valence-corrected chi connectivity index (χ4v) is 29.1. The molecule has 0 spiro atoms. The molecule has 12 rings (SSSR count). The van der Waals surface area contributed by atoms with Crippen molar-refractivity contribution in [2.24, 2.45) is 5.73 Å². The Morgan fingerprint density at radius 1 is 0.514 bits per heavy atom. The second-order valence-corrected chi connectivity index (χ2v) is 39.7. The molecule has 9 aromatic rings. The third-order valence-electron chi connectivity index (χ3n) is 13.6. The summed E-state index contributed by atoms with van der Waals surface area (Å²) in [6, 6.07) is 26.4. The molecule has 3 N–H and O–H groups in total. The van der Waals surface area contributed by atoms with Crippen molar-refractivity contribution >= 4 is 170 Å². The number of hydrogen-bond donors (Lipinski definition) is 2. The minimum atomic E-state index is -1.75. The van der Waals surface area contributed by atoms with Crippen molar-refractivity contribution in [2.75, 3.05) is 0 Å². The van der Waals surface area contributed by atoms with E-state index in [0.29, 0.717) is 11.1 Å². The maximum absolute atomic E-state index is 6.85. The Labute approximate surface area is 450 Å².